The van der Waals surface area contributed by atoms with Crippen LogP contribution in [0.3, 0.4) is 0 Å². The van der Waals surface area contributed by atoms with Gasteiger partial charge in [0.1, 0.15) is 11.9 Å². The lowest BCUT2D eigenvalue weighted by atomic mass is 9.47. The Labute approximate surface area is 145 Å². The van der Waals surface area contributed by atoms with Crippen molar-refractivity contribution in [1.82, 2.24) is 0 Å². The Balaban J connectivity index is 1.96. The van der Waals surface area contributed by atoms with Crippen LogP contribution >= 0.6 is 0 Å². The topological polar surface area (TPSA) is 43.4 Å². The van der Waals surface area contributed by atoms with Crippen LogP contribution in [-0.4, -0.2) is 17.9 Å². The van der Waals surface area contributed by atoms with Gasteiger partial charge in [-0.15, -0.1) is 0 Å². The standard InChI is InChI=1S/C21H30O3/c1-12(2)20(23)24-17-11-21(5)8-6-7-13(3)19(21)16-10-15(22)9-14(4)18(16)17/h13,16-19H,1,4,6-11H2,2-3,5H3/t13?,16-,17-,18-,19?,21?/m0/s1. The highest BCUT2D eigenvalue weighted by molar-refractivity contribution is 5.87. The van der Waals surface area contributed by atoms with E-state index in [9.17, 15) is 9.59 Å². The van der Waals surface area contributed by atoms with Crippen LogP contribution in [0.15, 0.2) is 24.3 Å². The zero-order valence-electron chi connectivity index (χ0n) is 15.3. The van der Waals surface area contributed by atoms with Crippen molar-refractivity contribution in [2.75, 3.05) is 0 Å². The average Bonchev–Trinajstić information content (AvgIpc) is 2.45. The summed E-state index contributed by atoms with van der Waals surface area (Å²) >= 11 is 0. The lowest BCUT2D eigenvalue weighted by molar-refractivity contribution is -0.165. The van der Waals surface area contributed by atoms with Gasteiger partial charge >= 0.3 is 5.97 Å². The molecule has 3 fully saturated rings. The van der Waals surface area contributed by atoms with Crippen LogP contribution in [0.25, 0.3) is 0 Å². The van der Waals surface area contributed by atoms with Crippen molar-refractivity contribution in [1.29, 1.82) is 0 Å². The van der Waals surface area contributed by atoms with Crippen molar-refractivity contribution < 1.29 is 14.3 Å². The summed E-state index contributed by atoms with van der Waals surface area (Å²) in [7, 11) is 0. The van der Waals surface area contributed by atoms with Gasteiger partial charge < -0.3 is 4.74 Å². The molecule has 0 amide bonds. The molecule has 0 bridgehead atoms. The molecule has 3 saturated carbocycles. The molecule has 3 nitrogen and oxygen atoms in total. The zero-order chi connectivity index (χ0) is 17.6. The van der Waals surface area contributed by atoms with Crippen LogP contribution in [0.4, 0.5) is 0 Å². The number of esters is 1. The number of hydrogen-bond acceptors (Lipinski definition) is 3. The molecule has 0 N–H and O–H groups in total. The van der Waals surface area contributed by atoms with Crippen molar-refractivity contribution in [3.8, 4) is 0 Å². The molecule has 0 saturated heterocycles. The second-order valence-corrected chi connectivity index (χ2v) is 8.75. The Bertz CT molecular complexity index is 590. The molecule has 0 aliphatic heterocycles. The number of fused-ring (bicyclic) bond motifs is 3. The van der Waals surface area contributed by atoms with Crippen LogP contribution in [0.2, 0.25) is 0 Å². The first-order valence-corrected chi connectivity index (χ1v) is 9.29. The molecular formula is C21H30O3. The summed E-state index contributed by atoms with van der Waals surface area (Å²) in [6.45, 7) is 14.3. The van der Waals surface area contributed by atoms with E-state index in [1.165, 1.54) is 12.8 Å². The Morgan fingerprint density at radius 1 is 1.38 bits per heavy atom. The van der Waals surface area contributed by atoms with Gasteiger partial charge in [0.05, 0.1) is 0 Å². The molecule has 0 aromatic carbocycles. The van der Waals surface area contributed by atoms with E-state index in [1.54, 1.807) is 6.92 Å². The van der Waals surface area contributed by atoms with Crippen molar-refractivity contribution in [3.63, 3.8) is 0 Å². The summed E-state index contributed by atoms with van der Waals surface area (Å²) in [5.74, 6) is 1.53. The number of carbonyl (C=O) groups excluding carboxylic acids is 2. The van der Waals surface area contributed by atoms with E-state index in [2.05, 4.69) is 27.0 Å². The predicted molar refractivity (Wildman–Crippen MR) is 94.3 cm³/mol. The molecule has 0 spiro atoms. The van der Waals surface area contributed by atoms with E-state index in [-0.39, 0.29) is 29.3 Å². The molecule has 0 heterocycles. The van der Waals surface area contributed by atoms with Gasteiger partial charge in [-0.3, -0.25) is 4.79 Å². The third-order valence-corrected chi connectivity index (χ3v) is 6.78. The summed E-state index contributed by atoms with van der Waals surface area (Å²) in [4.78, 5) is 24.4. The number of ether oxygens (including phenoxy) is 1. The number of carbonyl (C=O) groups is 2. The molecule has 0 radical (unpaired) electrons. The van der Waals surface area contributed by atoms with Crippen LogP contribution < -0.4 is 0 Å². The molecule has 132 valence electrons. The van der Waals surface area contributed by atoms with Crippen molar-refractivity contribution in [3.05, 3.63) is 24.3 Å². The zero-order valence-corrected chi connectivity index (χ0v) is 15.3. The minimum atomic E-state index is -0.311. The van der Waals surface area contributed by atoms with Gasteiger partial charge in [-0.05, 0) is 42.9 Å². The molecule has 3 unspecified atom stereocenters. The van der Waals surface area contributed by atoms with Crippen molar-refractivity contribution in [2.45, 2.75) is 65.4 Å². The summed E-state index contributed by atoms with van der Waals surface area (Å²) in [5.41, 5.74) is 1.56. The third-order valence-electron chi connectivity index (χ3n) is 6.78. The van der Waals surface area contributed by atoms with Crippen molar-refractivity contribution >= 4 is 11.8 Å². The fourth-order valence-corrected chi connectivity index (χ4v) is 6.00. The van der Waals surface area contributed by atoms with Crippen LogP contribution in [0.5, 0.6) is 0 Å². The maximum Gasteiger partial charge on any atom is 0.333 e. The maximum atomic E-state index is 12.3. The lowest BCUT2D eigenvalue weighted by Gasteiger charge is -2.58. The van der Waals surface area contributed by atoms with Gasteiger partial charge in [-0.25, -0.2) is 4.79 Å². The first kappa shape index (κ1) is 17.4. The van der Waals surface area contributed by atoms with Crippen LogP contribution in [-0.2, 0) is 14.3 Å². The van der Waals surface area contributed by atoms with E-state index in [0.717, 1.165) is 18.4 Å². The fourth-order valence-electron chi connectivity index (χ4n) is 6.00. The first-order valence-electron chi connectivity index (χ1n) is 9.29. The van der Waals surface area contributed by atoms with Gasteiger partial charge in [0, 0.05) is 24.3 Å². The number of hydrogen-bond donors (Lipinski definition) is 0. The molecule has 3 rings (SSSR count). The van der Waals surface area contributed by atoms with E-state index in [4.69, 9.17) is 4.74 Å². The third kappa shape index (κ3) is 2.87. The number of rotatable bonds is 2. The molecule has 0 aromatic heterocycles. The highest BCUT2D eigenvalue weighted by Gasteiger charge is 2.56. The molecule has 3 heteroatoms. The average molecular weight is 330 g/mol. The van der Waals surface area contributed by atoms with Gasteiger partial charge in [0.15, 0.2) is 0 Å². The monoisotopic (exact) mass is 330 g/mol. The van der Waals surface area contributed by atoms with E-state index >= 15 is 0 Å². The highest BCUT2D eigenvalue weighted by atomic mass is 16.5. The van der Waals surface area contributed by atoms with E-state index in [0.29, 0.717) is 36.0 Å². The lowest BCUT2D eigenvalue weighted by Crippen LogP contribution is -2.55. The predicted octanol–water partition coefficient (Wildman–Crippen LogP) is 4.47. The maximum absolute atomic E-state index is 12.3. The largest absolute Gasteiger partial charge is 0.458 e. The van der Waals surface area contributed by atoms with E-state index in [1.807, 2.05) is 0 Å². The summed E-state index contributed by atoms with van der Waals surface area (Å²) in [6.07, 6.45) is 5.41. The summed E-state index contributed by atoms with van der Waals surface area (Å²) in [5, 5.41) is 0. The molecule has 3 aliphatic carbocycles. The van der Waals surface area contributed by atoms with Crippen LogP contribution in [0.1, 0.15) is 59.3 Å². The second-order valence-electron chi connectivity index (χ2n) is 8.75. The van der Waals surface area contributed by atoms with Gasteiger partial charge in [0.25, 0.3) is 0 Å². The van der Waals surface area contributed by atoms with Gasteiger partial charge in [0.2, 0.25) is 0 Å². The highest BCUT2D eigenvalue weighted by Crippen LogP contribution is 2.60. The molecule has 6 atom stereocenters. The first-order chi connectivity index (χ1) is 11.2. The normalized spacial score (nSPS) is 42.0. The molecular weight excluding hydrogens is 300 g/mol. The SMILES string of the molecule is C=C(C)C(=O)O[C@H]1CC2(C)CCCC(C)C2[C@H]2CC(=O)CC(=C)[C@H]12. The minimum Gasteiger partial charge on any atom is -0.458 e. The fraction of sp³-hybridized carbons (Fsp3) is 0.714. The Morgan fingerprint density at radius 2 is 2.08 bits per heavy atom. The Kier molecular flexibility index (Phi) is 4.48. The molecule has 24 heavy (non-hydrogen) atoms. The Morgan fingerprint density at radius 3 is 2.75 bits per heavy atom. The number of ketones is 1. The number of Topliss-reactive ketones (excluding diaryl/α,β-unsaturated/α-hetero) is 1. The quantitative estimate of drug-likeness (QED) is 0.426. The van der Waals surface area contributed by atoms with Crippen LogP contribution in [0, 0.1) is 29.1 Å². The Hall–Kier alpha value is -1.38. The van der Waals surface area contributed by atoms with E-state index < -0.39 is 0 Å². The van der Waals surface area contributed by atoms with Crippen molar-refractivity contribution in [2.24, 2.45) is 29.1 Å². The summed E-state index contributed by atoms with van der Waals surface area (Å²) in [6, 6.07) is 0. The molecule has 3 aliphatic rings. The van der Waals surface area contributed by atoms with Gasteiger partial charge in [-0.2, -0.15) is 0 Å². The minimum absolute atomic E-state index is 0.129. The smallest absolute Gasteiger partial charge is 0.333 e. The summed E-state index contributed by atoms with van der Waals surface area (Å²) < 4.78 is 5.87. The van der Waals surface area contributed by atoms with Gasteiger partial charge in [-0.1, -0.05) is 45.4 Å². The molecule has 0 aromatic rings. The second kappa shape index (κ2) is 6.16.